The maximum atomic E-state index is 5.50. The van der Waals surface area contributed by atoms with Crippen LogP contribution in [0, 0.1) is 3.77 Å². The highest BCUT2D eigenvalue weighted by molar-refractivity contribution is 14.1. The van der Waals surface area contributed by atoms with Gasteiger partial charge in [-0.05, 0) is 47.6 Å². The van der Waals surface area contributed by atoms with E-state index in [1.165, 1.54) is 12.8 Å². The molecule has 78 valence electrons. The average molecular weight is 307 g/mol. The fourth-order valence-corrected chi connectivity index (χ4v) is 2.07. The molecular formula is C10H14INO2. The lowest BCUT2D eigenvalue weighted by Crippen LogP contribution is -2.25. The van der Waals surface area contributed by atoms with E-state index in [1.54, 1.807) is 0 Å². The van der Waals surface area contributed by atoms with Crippen molar-refractivity contribution in [2.75, 3.05) is 13.2 Å². The lowest BCUT2D eigenvalue weighted by molar-refractivity contribution is 0.109. The topological polar surface area (TPSA) is 34.4 Å². The fraction of sp³-hybridized carbons (Fsp3) is 0.600. The minimum Gasteiger partial charge on any atom is -0.454 e. The van der Waals surface area contributed by atoms with Crippen LogP contribution >= 0.6 is 22.6 Å². The van der Waals surface area contributed by atoms with Gasteiger partial charge < -0.3 is 14.5 Å². The third-order valence-electron chi connectivity index (χ3n) is 2.32. The fourth-order valence-electron chi connectivity index (χ4n) is 1.61. The van der Waals surface area contributed by atoms with Gasteiger partial charge in [-0.25, -0.2) is 0 Å². The second-order valence-corrected chi connectivity index (χ2v) is 4.53. The van der Waals surface area contributed by atoms with Crippen molar-refractivity contribution in [2.45, 2.75) is 25.5 Å². The molecule has 1 atom stereocenters. The molecule has 1 aliphatic heterocycles. The molecule has 0 amide bonds. The largest absolute Gasteiger partial charge is 0.454 e. The van der Waals surface area contributed by atoms with Crippen molar-refractivity contribution >= 4 is 22.6 Å². The number of ether oxygens (including phenoxy) is 1. The molecule has 1 N–H and O–H groups in total. The highest BCUT2D eigenvalue weighted by atomic mass is 127. The van der Waals surface area contributed by atoms with E-state index in [1.807, 2.05) is 12.1 Å². The first-order valence-corrected chi connectivity index (χ1v) is 5.99. The lowest BCUT2D eigenvalue weighted by atomic mass is 10.2. The first kappa shape index (κ1) is 10.4. The molecule has 1 aromatic heterocycles. The van der Waals surface area contributed by atoms with Gasteiger partial charge in [-0.1, -0.05) is 0 Å². The van der Waals surface area contributed by atoms with Crippen molar-refractivity contribution in [3.8, 4) is 0 Å². The zero-order valence-corrected chi connectivity index (χ0v) is 10.1. The van der Waals surface area contributed by atoms with E-state index in [0.29, 0.717) is 6.10 Å². The summed E-state index contributed by atoms with van der Waals surface area (Å²) in [6, 6.07) is 3.98. The molecule has 1 aliphatic rings. The van der Waals surface area contributed by atoms with Gasteiger partial charge in [0.25, 0.3) is 0 Å². The van der Waals surface area contributed by atoms with Gasteiger partial charge in [-0.2, -0.15) is 0 Å². The molecule has 2 rings (SSSR count). The molecule has 0 bridgehead atoms. The Morgan fingerprint density at radius 1 is 1.50 bits per heavy atom. The SMILES string of the molecule is Ic1ccc(CNCC2CCCO2)o1. The first-order chi connectivity index (χ1) is 6.84. The van der Waals surface area contributed by atoms with E-state index in [2.05, 4.69) is 27.9 Å². The Labute approximate surface area is 97.3 Å². The molecule has 0 radical (unpaired) electrons. The summed E-state index contributed by atoms with van der Waals surface area (Å²) in [6.45, 7) is 2.64. The molecule has 0 aromatic carbocycles. The molecular weight excluding hydrogens is 293 g/mol. The number of rotatable bonds is 4. The summed E-state index contributed by atoms with van der Waals surface area (Å²) in [5.41, 5.74) is 0. The van der Waals surface area contributed by atoms with Gasteiger partial charge in [0.2, 0.25) is 0 Å². The highest BCUT2D eigenvalue weighted by Gasteiger charge is 2.14. The van der Waals surface area contributed by atoms with E-state index >= 15 is 0 Å². The standard InChI is InChI=1S/C10H14INO2/c11-10-4-3-9(14-10)7-12-6-8-2-1-5-13-8/h3-4,8,12H,1-2,5-7H2. The minimum atomic E-state index is 0.407. The van der Waals surface area contributed by atoms with Gasteiger partial charge in [0.1, 0.15) is 5.76 Å². The third-order valence-corrected chi connectivity index (χ3v) is 2.90. The van der Waals surface area contributed by atoms with E-state index in [0.717, 1.165) is 29.2 Å². The van der Waals surface area contributed by atoms with Crippen LogP contribution in [0.1, 0.15) is 18.6 Å². The molecule has 1 fully saturated rings. The molecule has 3 nitrogen and oxygen atoms in total. The predicted molar refractivity (Wildman–Crippen MR) is 62.1 cm³/mol. The van der Waals surface area contributed by atoms with Gasteiger partial charge >= 0.3 is 0 Å². The number of hydrogen-bond donors (Lipinski definition) is 1. The molecule has 1 saturated heterocycles. The second-order valence-electron chi connectivity index (χ2n) is 3.47. The average Bonchev–Trinajstić information content (AvgIpc) is 2.77. The van der Waals surface area contributed by atoms with Crippen LogP contribution in [0.5, 0.6) is 0 Å². The maximum Gasteiger partial charge on any atom is 0.164 e. The Bertz CT molecular complexity index is 281. The Hall–Kier alpha value is -0.0700. The third kappa shape index (κ3) is 2.96. The Morgan fingerprint density at radius 2 is 2.43 bits per heavy atom. The smallest absolute Gasteiger partial charge is 0.164 e. The van der Waals surface area contributed by atoms with Gasteiger partial charge in [-0.15, -0.1) is 0 Å². The summed E-state index contributed by atoms with van der Waals surface area (Å²) >= 11 is 2.17. The van der Waals surface area contributed by atoms with Crippen LogP contribution in [0.4, 0.5) is 0 Å². The van der Waals surface area contributed by atoms with E-state index < -0.39 is 0 Å². The molecule has 2 heterocycles. The van der Waals surface area contributed by atoms with E-state index in [-0.39, 0.29) is 0 Å². The number of furan rings is 1. The first-order valence-electron chi connectivity index (χ1n) is 4.91. The van der Waals surface area contributed by atoms with Crippen LogP contribution in [-0.2, 0) is 11.3 Å². The number of halogens is 1. The Balaban J connectivity index is 1.67. The molecule has 0 saturated carbocycles. The highest BCUT2D eigenvalue weighted by Crippen LogP contribution is 2.12. The van der Waals surface area contributed by atoms with Crippen molar-refractivity contribution in [1.29, 1.82) is 0 Å². The van der Waals surface area contributed by atoms with E-state index in [4.69, 9.17) is 9.15 Å². The number of nitrogens with one attached hydrogen (secondary N) is 1. The number of hydrogen-bond acceptors (Lipinski definition) is 3. The molecule has 0 spiro atoms. The van der Waals surface area contributed by atoms with Crippen LogP contribution in [0.15, 0.2) is 16.5 Å². The summed E-state index contributed by atoms with van der Waals surface area (Å²) in [4.78, 5) is 0. The zero-order chi connectivity index (χ0) is 9.80. The monoisotopic (exact) mass is 307 g/mol. The van der Waals surface area contributed by atoms with Crippen LogP contribution in [0.25, 0.3) is 0 Å². The van der Waals surface area contributed by atoms with Crippen LogP contribution in [0.2, 0.25) is 0 Å². The van der Waals surface area contributed by atoms with Gasteiger partial charge in [0.05, 0.1) is 12.6 Å². The maximum absolute atomic E-state index is 5.50. The lowest BCUT2D eigenvalue weighted by Gasteiger charge is -2.09. The van der Waals surface area contributed by atoms with Crippen molar-refractivity contribution < 1.29 is 9.15 Å². The normalized spacial score (nSPS) is 21.6. The molecule has 0 aliphatic carbocycles. The minimum absolute atomic E-state index is 0.407. The van der Waals surface area contributed by atoms with Crippen LogP contribution in [-0.4, -0.2) is 19.3 Å². The van der Waals surface area contributed by atoms with Gasteiger partial charge in [0.15, 0.2) is 3.77 Å². The molecule has 1 aromatic rings. The van der Waals surface area contributed by atoms with Crippen molar-refractivity contribution in [3.05, 3.63) is 21.7 Å². The predicted octanol–water partition coefficient (Wildman–Crippen LogP) is 2.15. The molecule has 14 heavy (non-hydrogen) atoms. The zero-order valence-electron chi connectivity index (χ0n) is 7.96. The van der Waals surface area contributed by atoms with Gasteiger partial charge in [-0.3, -0.25) is 0 Å². The quantitative estimate of drug-likeness (QED) is 0.866. The van der Waals surface area contributed by atoms with E-state index in [9.17, 15) is 0 Å². The van der Waals surface area contributed by atoms with Crippen molar-refractivity contribution in [2.24, 2.45) is 0 Å². The van der Waals surface area contributed by atoms with Crippen LogP contribution < -0.4 is 5.32 Å². The summed E-state index contributed by atoms with van der Waals surface area (Å²) in [5.74, 6) is 0.993. The summed E-state index contributed by atoms with van der Waals surface area (Å²) in [5, 5.41) is 3.33. The second kappa shape index (κ2) is 5.14. The summed E-state index contributed by atoms with van der Waals surface area (Å²) < 4.78 is 11.9. The molecule has 1 unspecified atom stereocenters. The van der Waals surface area contributed by atoms with Crippen LogP contribution in [0.3, 0.4) is 0 Å². The summed E-state index contributed by atoms with van der Waals surface area (Å²) in [6.07, 6.45) is 2.79. The van der Waals surface area contributed by atoms with Crippen molar-refractivity contribution in [1.82, 2.24) is 5.32 Å². The van der Waals surface area contributed by atoms with Crippen molar-refractivity contribution in [3.63, 3.8) is 0 Å². The summed E-state index contributed by atoms with van der Waals surface area (Å²) in [7, 11) is 0. The van der Waals surface area contributed by atoms with Gasteiger partial charge in [0, 0.05) is 13.2 Å². The Kier molecular flexibility index (Phi) is 3.83. The Morgan fingerprint density at radius 3 is 3.07 bits per heavy atom. The molecule has 4 heteroatoms.